The van der Waals surface area contributed by atoms with E-state index in [0.717, 1.165) is 38.0 Å². The average molecular weight is 285 g/mol. The van der Waals surface area contributed by atoms with Crippen molar-refractivity contribution in [1.82, 2.24) is 14.9 Å². The minimum atomic E-state index is -0.0373. The number of fused-ring (bicyclic) bond motifs is 1. The Bertz CT molecular complexity index is 658. The number of aromatic nitrogens is 2. The lowest BCUT2D eigenvalue weighted by Gasteiger charge is -2.34. The minimum absolute atomic E-state index is 0.00409. The molecule has 4 heterocycles. The third-order valence-electron chi connectivity index (χ3n) is 4.80. The fourth-order valence-corrected chi connectivity index (χ4v) is 3.65. The molecule has 4 rings (SSSR count). The number of aromatic amines is 1. The van der Waals surface area contributed by atoms with E-state index in [1.807, 2.05) is 12.3 Å². The molecule has 0 aliphatic carbocycles. The van der Waals surface area contributed by atoms with E-state index in [1.54, 1.807) is 0 Å². The van der Waals surface area contributed by atoms with Crippen molar-refractivity contribution in [1.29, 1.82) is 0 Å². The quantitative estimate of drug-likeness (QED) is 0.858. The standard InChI is InChI=1S/C16H19N3O2/c20-16-14(5-9-21-16)19-7-3-11(4-8-19)13-10-18-15-12(13)2-1-6-17-15/h1-2,6,10-11,14H,3-5,7-9H2,(H,17,18). The van der Waals surface area contributed by atoms with Gasteiger partial charge in [-0.05, 0) is 49.5 Å². The zero-order chi connectivity index (χ0) is 14.2. The summed E-state index contributed by atoms with van der Waals surface area (Å²) in [5.41, 5.74) is 2.33. The molecule has 0 radical (unpaired) electrons. The molecule has 110 valence electrons. The molecular formula is C16H19N3O2. The number of nitrogens with one attached hydrogen (secondary N) is 1. The highest BCUT2D eigenvalue weighted by atomic mass is 16.5. The molecule has 5 heteroatoms. The average Bonchev–Trinajstić information content (AvgIpc) is 3.14. The van der Waals surface area contributed by atoms with Gasteiger partial charge in [0.25, 0.3) is 0 Å². The SMILES string of the molecule is O=C1OCCC1N1CCC(c2c[nH]c3ncccc23)CC1. The van der Waals surface area contributed by atoms with Crippen LogP contribution in [0.25, 0.3) is 11.0 Å². The first-order chi connectivity index (χ1) is 10.3. The largest absolute Gasteiger partial charge is 0.464 e. The summed E-state index contributed by atoms with van der Waals surface area (Å²) in [7, 11) is 0. The maximum Gasteiger partial charge on any atom is 0.323 e. The molecule has 5 nitrogen and oxygen atoms in total. The van der Waals surface area contributed by atoms with Crippen LogP contribution < -0.4 is 0 Å². The number of carbonyl (C=O) groups excluding carboxylic acids is 1. The van der Waals surface area contributed by atoms with Gasteiger partial charge in [0.05, 0.1) is 6.61 Å². The Morgan fingerprint density at radius 3 is 2.90 bits per heavy atom. The van der Waals surface area contributed by atoms with Gasteiger partial charge in [-0.1, -0.05) is 0 Å². The number of nitrogens with zero attached hydrogens (tertiary/aromatic N) is 2. The Morgan fingerprint density at radius 2 is 2.14 bits per heavy atom. The van der Waals surface area contributed by atoms with Gasteiger partial charge in [0.1, 0.15) is 11.7 Å². The molecular weight excluding hydrogens is 266 g/mol. The first kappa shape index (κ1) is 12.8. The van der Waals surface area contributed by atoms with Gasteiger partial charge < -0.3 is 9.72 Å². The summed E-state index contributed by atoms with van der Waals surface area (Å²) in [5, 5.41) is 1.23. The predicted octanol–water partition coefficient (Wildman–Crippen LogP) is 2.06. The first-order valence-corrected chi connectivity index (χ1v) is 7.65. The minimum Gasteiger partial charge on any atom is -0.464 e. The van der Waals surface area contributed by atoms with Gasteiger partial charge in [-0.3, -0.25) is 9.69 Å². The van der Waals surface area contributed by atoms with E-state index in [-0.39, 0.29) is 12.0 Å². The highest BCUT2D eigenvalue weighted by Crippen LogP contribution is 2.33. The monoisotopic (exact) mass is 285 g/mol. The summed E-state index contributed by atoms with van der Waals surface area (Å²) < 4.78 is 5.08. The Morgan fingerprint density at radius 1 is 1.29 bits per heavy atom. The van der Waals surface area contributed by atoms with Gasteiger partial charge in [0, 0.05) is 24.2 Å². The Hall–Kier alpha value is -1.88. The van der Waals surface area contributed by atoms with Crippen molar-refractivity contribution < 1.29 is 9.53 Å². The van der Waals surface area contributed by atoms with Gasteiger partial charge in [-0.25, -0.2) is 4.98 Å². The molecule has 2 aromatic rings. The van der Waals surface area contributed by atoms with Crippen molar-refractivity contribution in [2.24, 2.45) is 0 Å². The van der Waals surface area contributed by atoms with E-state index < -0.39 is 0 Å². The second-order valence-corrected chi connectivity index (χ2v) is 5.93. The van der Waals surface area contributed by atoms with Crippen LogP contribution in [0, 0.1) is 0 Å². The van der Waals surface area contributed by atoms with Gasteiger partial charge in [0.2, 0.25) is 0 Å². The normalized spacial score (nSPS) is 24.6. The second-order valence-electron chi connectivity index (χ2n) is 5.93. The number of H-pyrrole nitrogens is 1. The van der Waals surface area contributed by atoms with Crippen LogP contribution in [0.15, 0.2) is 24.5 Å². The van der Waals surface area contributed by atoms with Gasteiger partial charge >= 0.3 is 5.97 Å². The highest BCUT2D eigenvalue weighted by molar-refractivity contribution is 5.80. The molecule has 2 aliphatic heterocycles. The van der Waals surface area contributed by atoms with Crippen LogP contribution >= 0.6 is 0 Å². The highest BCUT2D eigenvalue weighted by Gasteiger charge is 2.35. The van der Waals surface area contributed by atoms with Gasteiger partial charge in [0.15, 0.2) is 0 Å². The predicted molar refractivity (Wildman–Crippen MR) is 79.0 cm³/mol. The molecule has 0 saturated carbocycles. The Kier molecular flexibility index (Phi) is 3.15. The van der Waals surface area contributed by atoms with Crippen LogP contribution in [-0.2, 0) is 9.53 Å². The molecule has 0 aromatic carbocycles. The molecule has 1 atom stereocenters. The second kappa shape index (κ2) is 5.15. The lowest BCUT2D eigenvalue weighted by atomic mass is 9.89. The fourth-order valence-electron chi connectivity index (χ4n) is 3.65. The van der Waals surface area contributed by atoms with Gasteiger partial charge in [-0.15, -0.1) is 0 Å². The summed E-state index contributed by atoms with van der Waals surface area (Å²) in [5.74, 6) is 0.515. The molecule has 1 N–H and O–H groups in total. The van der Waals surface area contributed by atoms with Crippen molar-refractivity contribution in [2.75, 3.05) is 19.7 Å². The molecule has 2 fully saturated rings. The number of hydrogen-bond acceptors (Lipinski definition) is 4. The van der Waals surface area contributed by atoms with Crippen molar-refractivity contribution in [3.05, 3.63) is 30.1 Å². The third-order valence-corrected chi connectivity index (χ3v) is 4.80. The number of pyridine rings is 1. The fraction of sp³-hybridized carbons (Fsp3) is 0.500. The summed E-state index contributed by atoms with van der Waals surface area (Å²) in [6.07, 6.45) is 6.94. The van der Waals surface area contributed by atoms with Crippen LogP contribution in [0.5, 0.6) is 0 Å². The number of esters is 1. The van der Waals surface area contributed by atoms with Crippen molar-refractivity contribution in [3.63, 3.8) is 0 Å². The van der Waals surface area contributed by atoms with E-state index >= 15 is 0 Å². The molecule has 0 amide bonds. The van der Waals surface area contributed by atoms with E-state index in [9.17, 15) is 4.79 Å². The summed E-state index contributed by atoms with van der Waals surface area (Å²) in [6.45, 7) is 2.52. The van der Waals surface area contributed by atoms with Crippen LogP contribution in [0.1, 0.15) is 30.7 Å². The summed E-state index contributed by atoms with van der Waals surface area (Å²) in [4.78, 5) is 21.6. The van der Waals surface area contributed by atoms with E-state index in [4.69, 9.17) is 4.74 Å². The van der Waals surface area contributed by atoms with Crippen LogP contribution in [-0.4, -0.2) is 46.6 Å². The molecule has 2 aliphatic rings. The molecule has 2 aromatic heterocycles. The lowest BCUT2D eigenvalue weighted by molar-refractivity contribution is -0.142. The maximum atomic E-state index is 11.7. The van der Waals surface area contributed by atoms with Crippen LogP contribution in [0.3, 0.4) is 0 Å². The van der Waals surface area contributed by atoms with E-state index in [1.165, 1.54) is 10.9 Å². The number of hydrogen-bond donors (Lipinski definition) is 1. The van der Waals surface area contributed by atoms with Crippen LogP contribution in [0.2, 0.25) is 0 Å². The van der Waals surface area contributed by atoms with Gasteiger partial charge in [-0.2, -0.15) is 0 Å². The zero-order valence-electron chi connectivity index (χ0n) is 11.9. The molecule has 2 saturated heterocycles. The Labute approximate surface area is 123 Å². The summed E-state index contributed by atoms with van der Waals surface area (Å²) >= 11 is 0. The molecule has 1 unspecified atom stereocenters. The van der Waals surface area contributed by atoms with Crippen molar-refractivity contribution in [2.45, 2.75) is 31.2 Å². The number of rotatable bonds is 2. The maximum absolute atomic E-state index is 11.7. The number of ether oxygens (including phenoxy) is 1. The van der Waals surface area contributed by atoms with Crippen LogP contribution in [0.4, 0.5) is 0 Å². The molecule has 0 spiro atoms. The lowest BCUT2D eigenvalue weighted by Crippen LogP contribution is -2.43. The van der Waals surface area contributed by atoms with Crippen molar-refractivity contribution >= 4 is 17.0 Å². The Balaban J connectivity index is 1.49. The number of piperidine rings is 1. The third kappa shape index (κ3) is 2.21. The smallest absolute Gasteiger partial charge is 0.323 e. The number of carbonyl (C=O) groups is 1. The van der Waals surface area contributed by atoms with Crippen molar-refractivity contribution in [3.8, 4) is 0 Å². The topological polar surface area (TPSA) is 58.2 Å². The van der Waals surface area contributed by atoms with E-state index in [2.05, 4.69) is 27.1 Å². The summed E-state index contributed by atoms with van der Waals surface area (Å²) in [6, 6.07) is 4.12. The first-order valence-electron chi connectivity index (χ1n) is 7.65. The number of likely N-dealkylation sites (tertiary alicyclic amines) is 1. The van der Waals surface area contributed by atoms with E-state index in [0.29, 0.717) is 12.5 Å². The number of cyclic esters (lactones) is 1. The molecule has 21 heavy (non-hydrogen) atoms. The molecule has 0 bridgehead atoms. The zero-order valence-corrected chi connectivity index (χ0v) is 11.9.